The van der Waals surface area contributed by atoms with Crippen molar-refractivity contribution in [2.24, 2.45) is 17.8 Å². The van der Waals surface area contributed by atoms with Crippen molar-refractivity contribution in [2.45, 2.75) is 70.8 Å². The van der Waals surface area contributed by atoms with Gasteiger partial charge in [0.05, 0.1) is 5.92 Å². The van der Waals surface area contributed by atoms with Gasteiger partial charge in [0.15, 0.2) is 0 Å². The van der Waals surface area contributed by atoms with E-state index in [0.29, 0.717) is 25.2 Å². The molecule has 1 amide bonds. The van der Waals surface area contributed by atoms with E-state index in [1.54, 1.807) is 0 Å². The Morgan fingerprint density at radius 3 is 2.40 bits per heavy atom. The first-order valence-electron chi connectivity index (χ1n) is 8.06. The quantitative estimate of drug-likeness (QED) is 0.832. The van der Waals surface area contributed by atoms with Crippen LogP contribution >= 0.6 is 0 Å². The highest BCUT2D eigenvalue weighted by atomic mass is 16.4. The minimum atomic E-state index is -0.689. The summed E-state index contributed by atoms with van der Waals surface area (Å²) in [6.07, 6.45) is 8.58. The van der Waals surface area contributed by atoms with Crippen molar-refractivity contribution in [1.29, 1.82) is 0 Å². The van der Waals surface area contributed by atoms with Gasteiger partial charge in [-0.1, -0.05) is 19.8 Å². The van der Waals surface area contributed by atoms with Gasteiger partial charge in [-0.25, -0.2) is 0 Å². The fourth-order valence-electron chi connectivity index (χ4n) is 3.78. The van der Waals surface area contributed by atoms with E-state index in [-0.39, 0.29) is 17.9 Å². The number of hydrogen-bond donors (Lipinski definition) is 2. The molecule has 4 heteroatoms. The third-order valence-corrected chi connectivity index (χ3v) is 4.96. The van der Waals surface area contributed by atoms with Crippen molar-refractivity contribution in [2.75, 3.05) is 0 Å². The van der Waals surface area contributed by atoms with Gasteiger partial charge in [0.25, 0.3) is 0 Å². The molecule has 114 valence electrons. The molecule has 2 atom stereocenters. The lowest BCUT2D eigenvalue weighted by molar-refractivity contribution is -0.142. The second kappa shape index (κ2) is 7.09. The Bertz CT molecular complexity index is 348. The number of carboxylic acid groups (broad SMARTS) is 1. The van der Waals surface area contributed by atoms with Gasteiger partial charge in [0.1, 0.15) is 0 Å². The van der Waals surface area contributed by atoms with Crippen LogP contribution < -0.4 is 5.32 Å². The SMILES string of the molecule is CC1CCCC(CC(=O)NC2CCC(C(=O)O)CC2)C1. The molecule has 0 saturated heterocycles. The molecule has 2 N–H and O–H groups in total. The van der Waals surface area contributed by atoms with Gasteiger partial charge >= 0.3 is 5.97 Å². The number of carbonyl (C=O) groups excluding carboxylic acids is 1. The van der Waals surface area contributed by atoms with Crippen LogP contribution in [0.2, 0.25) is 0 Å². The molecule has 2 aliphatic carbocycles. The van der Waals surface area contributed by atoms with Crippen molar-refractivity contribution < 1.29 is 14.7 Å². The number of carboxylic acids is 1. The van der Waals surface area contributed by atoms with Gasteiger partial charge in [-0.15, -0.1) is 0 Å². The summed E-state index contributed by atoms with van der Waals surface area (Å²) in [6, 6.07) is 0.194. The summed E-state index contributed by atoms with van der Waals surface area (Å²) in [4.78, 5) is 23.0. The van der Waals surface area contributed by atoms with E-state index in [0.717, 1.165) is 18.8 Å². The Balaban J connectivity index is 1.68. The predicted molar refractivity (Wildman–Crippen MR) is 77.3 cm³/mol. The lowest BCUT2D eigenvalue weighted by atomic mass is 9.80. The Labute approximate surface area is 121 Å². The van der Waals surface area contributed by atoms with Crippen LogP contribution in [0.1, 0.15) is 64.7 Å². The average molecular weight is 281 g/mol. The molecule has 2 saturated carbocycles. The number of aliphatic carboxylic acids is 1. The molecule has 20 heavy (non-hydrogen) atoms. The molecule has 0 spiro atoms. The standard InChI is InChI=1S/C16H27NO3/c1-11-3-2-4-12(9-11)10-15(18)17-14-7-5-13(6-8-14)16(19)20/h11-14H,2-10H2,1H3,(H,17,18)(H,19,20). The molecule has 0 radical (unpaired) electrons. The van der Waals surface area contributed by atoms with Crippen molar-refractivity contribution in [1.82, 2.24) is 5.32 Å². The lowest BCUT2D eigenvalue weighted by Crippen LogP contribution is -2.39. The molecule has 2 unspecified atom stereocenters. The highest BCUT2D eigenvalue weighted by Gasteiger charge is 2.27. The number of carbonyl (C=O) groups is 2. The largest absolute Gasteiger partial charge is 0.481 e. The summed E-state index contributed by atoms with van der Waals surface area (Å²) in [5, 5.41) is 12.1. The van der Waals surface area contributed by atoms with Gasteiger partial charge < -0.3 is 10.4 Å². The molecule has 0 aromatic heterocycles. The maximum atomic E-state index is 12.1. The molecule has 2 aliphatic rings. The van der Waals surface area contributed by atoms with Crippen molar-refractivity contribution >= 4 is 11.9 Å². The van der Waals surface area contributed by atoms with E-state index in [9.17, 15) is 9.59 Å². The van der Waals surface area contributed by atoms with Crippen LogP contribution in [0, 0.1) is 17.8 Å². The predicted octanol–water partition coefficient (Wildman–Crippen LogP) is 2.96. The number of rotatable bonds is 4. The van der Waals surface area contributed by atoms with Crippen LogP contribution in [0.3, 0.4) is 0 Å². The molecule has 0 aliphatic heterocycles. The van der Waals surface area contributed by atoms with Gasteiger partial charge in [0, 0.05) is 12.5 Å². The van der Waals surface area contributed by atoms with E-state index >= 15 is 0 Å². The number of hydrogen-bond acceptors (Lipinski definition) is 2. The van der Waals surface area contributed by atoms with E-state index in [1.165, 1.54) is 25.7 Å². The van der Waals surface area contributed by atoms with Gasteiger partial charge in [0.2, 0.25) is 5.91 Å². The van der Waals surface area contributed by atoms with Crippen LogP contribution in [-0.4, -0.2) is 23.0 Å². The molecule has 2 fully saturated rings. The fraction of sp³-hybridized carbons (Fsp3) is 0.875. The first-order chi connectivity index (χ1) is 9.54. The van der Waals surface area contributed by atoms with E-state index in [4.69, 9.17) is 5.11 Å². The maximum Gasteiger partial charge on any atom is 0.306 e. The maximum absolute atomic E-state index is 12.1. The molecule has 2 rings (SSSR count). The Morgan fingerprint density at radius 1 is 1.10 bits per heavy atom. The molecular formula is C16H27NO3. The molecule has 0 aromatic carbocycles. The van der Waals surface area contributed by atoms with Crippen LogP contribution in [0.15, 0.2) is 0 Å². The first-order valence-corrected chi connectivity index (χ1v) is 8.06. The van der Waals surface area contributed by atoms with E-state index < -0.39 is 5.97 Å². The van der Waals surface area contributed by atoms with E-state index in [2.05, 4.69) is 12.2 Å². The van der Waals surface area contributed by atoms with Gasteiger partial charge in [-0.2, -0.15) is 0 Å². The Morgan fingerprint density at radius 2 is 1.80 bits per heavy atom. The zero-order valence-electron chi connectivity index (χ0n) is 12.4. The fourth-order valence-corrected chi connectivity index (χ4v) is 3.78. The van der Waals surface area contributed by atoms with Crippen molar-refractivity contribution in [3.8, 4) is 0 Å². The normalized spacial score (nSPS) is 34.5. The summed E-state index contributed by atoms with van der Waals surface area (Å²) < 4.78 is 0. The summed E-state index contributed by atoms with van der Waals surface area (Å²) >= 11 is 0. The number of amides is 1. The third kappa shape index (κ3) is 4.50. The average Bonchev–Trinajstić information content (AvgIpc) is 2.39. The minimum absolute atomic E-state index is 0.169. The summed E-state index contributed by atoms with van der Waals surface area (Å²) in [6.45, 7) is 2.28. The van der Waals surface area contributed by atoms with Gasteiger partial charge in [-0.05, 0) is 50.4 Å². The van der Waals surface area contributed by atoms with Crippen LogP contribution in [0.5, 0.6) is 0 Å². The Hall–Kier alpha value is -1.06. The van der Waals surface area contributed by atoms with Crippen LogP contribution in [0.4, 0.5) is 0 Å². The zero-order chi connectivity index (χ0) is 14.5. The summed E-state index contributed by atoms with van der Waals surface area (Å²) in [5.41, 5.74) is 0. The topological polar surface area (TPSA) is 66.4 Å². The smallest absolute Gasteiger partial charge is 0.306 e. The summed E-state index contributed by atoms with van der Waals surface area (Å²) in [7, 11) is 0. The molecule has 0 heterocycles. The highest BCUT2D eigenvalue weighted by Crippen LogP contribution is 2.31. The lowest BCUT2D eigenvalue weighted by Gasteiger charge is -2.29. The molecular weight excluding hydrogens is 254 g/mol. The third-order valence-electron chi connectivity index (χ3n) is 4.96. The zero-order valence-corrected chi connectivity index (χ0v) is 12.4. The van der Waals surface area contributed by atoms with Crippen LogP contribution in [0.25, 0.3) is 0 Å². The molecule has 0 aromatic rings. The minimum Gasteiger partial charge on any atom is -0.481 e. The summed E-state index contributed by atoms with van der Waals surface area (Å²) in [5.74, 6) is 0.581. The monoisotopic (exact) mass is 281 g/mol. The van der Waals surface area contributed by atoms with Crippen molar-refractivity contribution in [3.63, 3.8) is 0 Å². The first kappa shape index (κ1) is 15.3. The molecule has 0 bridgehead atoms. The van der Waals surface area contributed by atoms with Crippen molar-refractivity contribution in [3.05, 3.63) is 0 Å². The Kier molecular flexibility index (Phi) is 5.44. The number of nitrogens with one attached hydrogen (secondary N) is 1. The molecule has 4 nitrogen and oxygen atoms in total. The second-order valence-electron chi connectivity index (χ2n) is 6.80. The van der Waals surface area contributed by atoms with E-state index in [1.807, 2.05) is 0 Å². The second-order valence-corrected chi connectivity index (χ2v) is 6.80. The van der Waals surface area contributed by atoms with Gasteiger partial charge in [-0.3, -0.25) is 9.59 Å². The van der Waals surface area contributed by atoms with Crippen LogP contribution in [-0.2, 0) is 9.59 Å². The highest BCUT2D eigenvalue weighted by molar-refractivity contribution is 5.76.